The molecule has 0 aliphatic heterocycles. The van der Waals surface area contributed by atoms with Crippen molar-refractivity contribution in [1.29, 1.82) is 0 Å². The van der Waals surface area contributed by atoms with Crippen LogP contribution in [-0.2, 0) is 4.74 Å². The summed E-state index contributed by atoms with van der Waals surface area (Å²) in [6.45, 7) is 11.3. The molecule has 3 N–H and O–H groups in total. The fraction of sp³-hybridized carbons (Fsp3) is 1.00. The molecule has 2 atom stereocenters. The average molecular weight is 231 g/mol. The number of ether oxygens (including phenoxy) is 1. The van der Waals surface area contributed by atoms with E-state index in [9.17, 15) is 5.11 Å². The van der Waals surface area contributed by atoms with Crippen LogP contribution in [0.4, 0.5) is 0 Å². The van der Waals surface area contributed by atoms with Gasteiger partial charge in [0.25, 0.3) is 0 Å². The first-order valence-corrected chi connectivity index (χ1v) is 6.27. The van der Waals surface area contributed by atoms with Gasteiger partial charge >= 0.3 is 0 Å². The fourth-order valence-corrected chi connectivity index (χ4v) is 1.55. The Bertz CT molecular complexity index is 175. The first-order chi connectivity index (χ1) is 7.29. The Kier molecular flexibility index (Phi) is 7.20. The van der Waals surface area contributed by atoms with Crippen LogP contribution in [0.5, 0.6) is 0 Å². The molecule has 0 rings (SSSR count). The van der Waals surface area contributed by atoms with Gasteiger partial charge in [-0.3, -0.25) is 0 Å². The van der Waals surface area contributed by atoms with Crippen LogP contribution in [0.25, 0.3) is 0 Å². The number of nitrogens with two attached hydrogens (primary N) is 1. The summed E-state index contributed by atoms with van der Waals surface area (Å²) < 4.78 is 5.65. The lowest BCUT2D eigenvalue weighted by molar-refractivity contribution is -0.0260. The van der Waals surface area contributed by atoms with Crippen LogP contribution in [0.2, 0.25) is 0 Å². The van der Waals surface area contributed by atoms with E-state index < -0.39 is 0 Å². The molecule has 0 amide bonds. The maximum atomic E-state index is 9.26. The van der Waals surface area contributed by atoms with E-state index in [4.69, 9.17) is 10.5 Å². The van der Waals surface area contributed by atoms with Crippen LogP contribution in [0, 0.1) is 11.3 Å². The van der Waals surface area contributed by atoms with Gasteiger partial charge in [-0.2, -0.15) is 0 Å². The summed E-state index contributed by atoms with van der Waals surface area (Å²) in [5, 5.41) is 9.26. The molecule has 0 fully saturated rings. The first-order valence-electron chi connectivity index (χ1n) is 6.27. The number of rotatable bonds is 7. The SMILES string of the molecule is CC(C)CCCOC(CO)C(N)C(C)(C)C. The van der Waals surface area contributed by atoms with Crippen molar-refractivity contribution >= 4 is 0 Å². The minimum Gasteiger partial charge on any atom is -0.394 e. The Morgan fingerprint density at radius 2 is 1.81 bits per heavy atom. The quantitative estimate of drug-likeness (QED) is 0.660. The van der Waals surface area contributed by atoms with E-state index >= 15 is 0 Å². The van der Waals surface area contributed by atoms with Crippen molar-refractivity contribution in [3.8, 4) is 0 Å². The number of hydrogen-bond donors (Lipinski definition) is 2. The lowest BCUT2D eigenvalue weighted by Gasteiger charge is -2.33. The monoisotopic (exact) mass is 231 g/mol. The fourth-order valence-electron chi connectivity index (χ4n) is 1.55. The van der Waals surface area contributed by atoms with Crippen LogP contribution >= 0.6 is 0 Å². The highest BCUT2D eigenvalue weighted by atomic mass is 16.5. The Balaban J connectivity index is 3.92. The molecular weight excluding hydrogens is 202 g/mol. The predicted octanol–water partition coefficient (Wildman–Crippen LogP) is 2.17. The molecule has 0 heterocycles. The minimum absolute atomic E-state index is 0.000114. The summed E-state index contributed by atoms with van der Waals surface area (Å²) in [4.78, 5) is 0. The van der Waals surface area contributed by atoms with Crippen LogP contribution in [0.15, 0.2) is 0 Å². The maximum Gasteiger partial charge on any atom is 0.0961 e. The molecule has 0 radical (unpaired) electrons. The standard InChI is InChI=1S/C13H29NO2/c1-10(2)7-6-8-16-11(9-15)12(14)13(3,4)5/h10-12,15H,6-9,14H2,1-5H3. The molecule has 2 unspecified atom stereocenters. The van der Waals surface area contributed by atoms with E-state index in [1.165, 1.54) is 0 Å². The topological polar surface area (TPSA) is 55.5 Å². The average Bonchev–Trinajstić information content (AvgIpc) is 2.15. The molecule has 3 nitrogen and oxygen atoms in total. The molecule has 0 aliphatic rings. The third-order valence-corrected chi connectivity index (χ3v) is 2.84. The highest BCUT2D eigenvalue weighted by Gasteiger charge is 2.28. The second kappa shape index (κ2) is 7.25. The van der Waals surface area contributed by atoms with E-state index in [2.05, 4.69) is 34.6 Å². The number of aliphatic hydroxyl groups excluding tert-OH is 1. The third-order valence-electron chi connectivity index (χ3n) is 2.84. The normalized spacial score (nSPS) is 16.5. The van der Waals surface area contributed by atoms with E-state index in [-0.39, 0.29) is 24.2 Å². The summed E-state index contributed by atoms with van der Waals surface area (Å²) in [5.41, 5.74) is 6.03. The molecule has 0 aromatic carbocycles. The van der Waals surface area contributed by atoms with Gasteiger partial charge in [-0.05, 0) is 24.2 Å². The first kappa shape index (κ1) is 15.9. The van der Waals surface area contributed by atoms with Gasteiger partial charge in [-0.15, -0.1) is 0 Å². The Morgan fingerprint density at radius 3 is 2.19 bits per heavy atom. The molecule has 98 valence electrons. The summed E-state index contributed by atoms with van der Waals surface area (Å²) in [6.07, 6.45) is 1.95. The summed E-state index contributed by atoms with van der Waals surface area (Å²) in [7, 11) is 0. The Morgan fingerprint density at radius 1 is 1.25 bits per heavy atom. The van der Waals surface area contributed by atoms with Gasteiger partial charge in [0.2, 0.25) is 0 Å². The zero-order valence-corrected chi connectivity index (χ0v) is 11.5. The van der Waals surface area contributed by atoms with Crippen molar-refractivity contribution < 1.29 is 9.84 Å². The largest absolute Gasteiger partial charge is 0.394 e. The lowest BCUT2D eigenvalue weighted by Crippen LogP contribution is -2.48. The molecule has 0 aromatic rings. The summed E-state index contributed by atoms with van der Waals surface area (Å²) in [5.74, 6) is 0.701. The van der Waals surface area contributed by atoms with E-state index in [1.807, 2.05) is 0 Å². The molecule has 3 heteroatoms. The highest BCUT2D eigenvalue weighted by molar-refractivity contribution is 4.84. The molecule has 0 aliphatic carbocycles. The zero-order valence-electron chi connectivity index (χ0n) is 11.5. The van der Waals surface area contributed by atoms with Gasteiger partial charge in [0.1, 0.15) is 0 Å². The molecular formula is C13H29NO2. The molecule has 0 aromatic heterocycles. The van der Waals surface area contributed by atoms with Crippen molar-refractivity contribution in [3.05, 3.63) is 0 Å². The molecule has 0 saturated carbocycles. The number of aliphatic hydroxyl groups is 1. The van der Waals surface area contributed by atoms with Gasteiger partial charge < -0.3 is 15.6 Å². The smallest absolute Gasteiger partial charge is 0.0961 e. The molecule has 0 saturated heterocycles. The van der Waals surface area contributed by atoms with Crippen LogP contribution in [0.1, 0.15) is 47.5 Å². The van der Waals surface area contributed by atoms with Crippen LogP contribution < -0.4 is 5.73 Å². The van der Waals surface area contributed by atoms with Gasteiger partial charge in [-0.25, -0.2) is 0 Å². The molecule has 0 spiro atoms. The van der Waals surface area contributed by atoms with Crippen molar-refractivity contribution in [1.82, 2.24) is 0 Å². The summed E-state index contributed by atoms with van der Waals surface area (Å²) >= 11 is 0. The second-order valence-corrected chi connectivity index (χ2v) is 6.02. The van der Waals surface area contributed by atoms with Gasteiger partial charge in [0.15, 0.2) is 0 Å². The third kappa shape index (κ3) is 6.46. The summed E-state index contributed by atoms with van der Waals surface area (Å²) in [6, 6.07) is -0.128. The van der Waals surface area contributed by atoms with Crippen molar-refractivity contribution in [2.24, 2.45) is 17.1 Å². The Hall–Kier alpha value is -0.120. The molecule has 0 bridgehead atoms. The van der Waals surface area contributed by atoms with Crippen LogP contribution in [-0.4, -0.2) is 30.5 Å². The second-order valence-electron chi connectivity index (χ2n) is 6.02. The predicted molar refractivity (Wildman–Crippen MR) is 68.3 cm³/mol. The van der Waals surface area contributed by atoms with Crippen LogP contribution in [0.3, 0.4) is 0 Å². The van der Waals surface area contributed by atoms with Gasteiger partial charge in [0.05, 0.1) is 12.7 Å². The highest BCUT2D eigenvalue weighted by Crippen LogP contribution is 2.21. The van der Waals surface area contributed by atoms with Gasteiger partial charge in [-0.1, -0.05) is 34.6 Å². The van der Waals surface area contributed by atoms with E-state index in [0.29, 0.717) is 12.5 Å². The lowest BCUT2D eigenvalue weighted by atomic mass is 9.84. The number of hydrogen-bond acceptors (Lipinski definition) is 3. The zero-order chi connectivity index (χ0) is 12.8. The van der Waals surface area contributed by atoms with Crippen molar-refractivity contribution in [3.63, 3.8) is 0 Å². The Labute approximate surface area is 100 Å². The van der Waals surface area contributed by atoms with E-state index in [0.717, 1.165) is 12.8 Å². The maximum absolute atomic E-state index is 9.26. The molecule has 16 heavy (non-hydrogen) atoms. The van der Waals surface area contributed by atoms with Crippen molar-refractivity contribution in [2.75, 3.05) is 13.2 Å². The minimum atomic E-state index is -0.243. The van der Waals surface area contributed by atoms with E-state index in [1.54, 1.807) is 0 Å². The van der Waals surface area contributed by atoms with Gasteiger partial charge in [0, 0.05) is 12.6 Å². The van der Waals surface area contributed by atoms with Crippen molar-refractivity contribution in [2.45, 2.75) is 59.6 Å².